The predicted molar refractivity (Wildman–Crippen MR) is 123 cm³/mol. The highest BCUT2D eigenvalue weighted by molar-refractivity contribution is 6.10. The van der Waals surface area contributed by atoms with Gasteiger partial charge in [0.2, 0.25) is 0 Å². The molecular weight excluding hydrogens is 406 g/mol. The number of anilines is 1. The van der Waals surface area contributed by atoms with E-state index in [1.165, 1.54) is 7.11 Å². The van der Waals surface area contributed by atoms with Crippen LogP contribution in [-0.2, 0) is 0 Å². The van der Waals surface area contributed by atoms with Crippen LogP contribution in [0.2, 0.25) is 0 Å². The van der Waals surface area contributed by atoms with Crippen LogP contribution < -0.4 is 20.3 Å². The first-order chi connectivity index (χ1) is 15.6. The van der Waals surface area contributed by atoms with Crippen molar-refractivity contribution in [1.82, 2.24) is 10.2 Å². The minimum Gasteiger partial charge on any atom is -0.497 e. The molecule has 0 bridgehead atoms. The number of ether oxygens (including phenoxy) is 2. The molecule has 3 aromatic carbocycles. The van der Waals surface area contributed by atoms with Gasteiger partial charge in [0.1, 0.15) is 17.1 Å². The number of amides is 1. The Morgan fingerprint density at radius 2 is 1.53 bits per heavy atom. The van der Waals surface area contributed by atoms with E-state index in [1.807, 2.05) is 60.7 Å². The highest BCUT2D eigenvalue weighted by Gasteiger charge is 2.24. The Labute approximate surface area is 184 Å². The predicted octanol–water partition coefficient (Wildman–Crippen LogP) is 4.37. The molecule has 0 unspecified atom stereocenters. The monoisotopic (exact) mass is 427 g/mol. The topological polar surface area (TPSA) is 93.3 Å². The molecular formula is C25H21N3O4. The van der Waals surface area contributed by atoms with Crippen LogP contribution >= 0.6 is 0 Å². The van der Waals surface area contributed by atoms with Gasteiger partial charge in [0.25, 0.3) is 11.5 Å². The second-order valence-corrected chi connectivity index (χ2v) is 6.90. The van der Waals surface area contributed by atoms with E-state index >= 15 is 0 Å². The van der Waals surface area contributed by atoms with E-state index in [2.05, 4.69) is 15.5 Å². The molecule has 0 radical (unpaired) electrons. The number of rotatable bonds is 6. The van der Waals surface area contributed by atoms with Crippen LogP contribution in [0, 0.1) is 0 Å². The number of carbonyl (C=O) groups excluding carboxylic acids is 1. The molecule has 7 heteroatoms. The summed E-state index contributed by atoms with van der Waals surface area (Å²) in [4.78, 5) is 26.2. The minimum absolute atomic E-state index is 0.0390. The van der Waals surface area contributed by atoms with Gasteiger partial charge in [-0.3, -0.25) is 9.59 Å². The number of aromatic amines is 1. The van der Waals surface area contributed by atoms with Crippen LogP contribution in [0.4, 0.5) is 5.69 Å². The number of aromatic nitrogens is 2. The summed E-state index contributed by atoms with van der Waals surface area (Å²) < 4.78 is 10.6. The third kappa shape index (κ3) is 4.09. The summed E-state index contributed by atoms with van der Waals surface area (Å²) in [6.07, 6.45) is 0. The molecule has 2 N–H and O–H groups in total. The van der Waals surface area contributed by atoms with Gasteiger partial charge in [-0.15, -0.1) is 0 Å². The molecule has 4 rings (SSSR count). The summed E-state index contributed by atoms with van der Waals surface area (Å²) in [6, 6.07) is 23.6. The minimum atomic E-state index is -0.589. The number of hydrogen-bond acceptors (Lipinski definition) is 5. The van der Waals surface area contributed by atoms with Gasteiger partial charge in [0, 0.05) is 17.2 Å². The number of nitrogens with one attached hydrogen (secondary N) is 2. The standard InChI is InChI=1S/C25H21N3O4/c1-31-18-13-14-19(20(15-18)32-2)26-24(29)22-21(16-9-5-3-6-10-16)23(27-28-25(22)30)17-11-7-4-8-12-17/h3-15H,1-2H3,(H,26,29)(H,28,30). The van der Waals surface area contributed by atoms with Gasteiger partial charge in [-0.1, -0.05) is 60.7 Å². The van der Waals surface area contributed by atoms with Crippen LogP contribution in [0.3, 0.4) is 0 Å². The Morgan fingerprint density at radius 3 is 2.16 bits per heavy atom. The quantitative estimate of drug-likeness (QED) is 0.477. The van der Waals surface area contributed by atoms with Crippen molar-refractivity contribution in [3.63, 3.8) is 0 Å². The zero-order valence-corrected chi connectivity index (χ0v) is 17.6. The van der Waals surface area contributed by atoms with E-state index in [1.54, 1.807) is 25.3 Å². The highest BCUT2D eigenvalue weighted by atomic mass is 16.5. The molecule has 0 aliphatic carbocycles. The first kappa shape index (κ1) is 20.9. The molecule has 0 atom stereocenters. The van der Waals surface area contributed by atoms with E-state index < -0.39 is 11.5 Å². The van der Waals surface area contributed by atoms with E-state index in [0.29, 0.717) is 34.0 Å². The lowest BCUT2D eigenvalue weighted by Gasteiger charge is -2.15. The molecule has 0 aliphatic rings. The summed E-state index contributed by atoms with van der Waals surface area (Å²) in [7, 11) is 3.04. The maximum atomic E-state index is 13.4. The smallest absolute Gasteiger partial charge is 0.277 e. The van der Waals surface area contributed by atoms with Crippen molar-refractivity contribution in [3.8, 4) is 33.9 Å². The normalized spacial score (nSPS) is 10.4. The first-order valence-electron chi connectivity index (χ1n) is 9.89. The number of H-pyrrole nitrogens is 1. The fourth-order valence-corrected chi connectivity index (χ4v) is 3.44. The number of carbonyl (C=O) groups is 1. The number of hydrogen-bond donors (Lipinski definition) is 2. The van der Waals surface area contributed by atoms with Crippen molar-refractivity contribution in [2.75, 3.05) is 19.5 Å². The van der Waals surface area contributed by atoms with Gasteiger partial charge in [-0.25, -0.2) is 5.10 Å². The van der Waals surface area contributed by atoms with Gasteiger partial charge in [0.05, 0.1) is 25.6 Å². The zero-order chi connectivity index (χ0) is 22.5. The lowest BCUT2D eigenvalue weighted by Crippen LogP contribution is -2.26. The SMILES string of the molecule is COc1ccc(NC(=O)c2c(-c3ccccc3)c(-c3ccccc3)n[nH]c2=O)c(OC)c1. The summed E-state index contributed by atoms with van der Waals surface area (Å²) >= 11 is 0. The summed E-state index contributed by atoms with van der Waals surface area (Å²) in [5.41, 5.74) is 2.22. The molecule has 1 aromatic heterocycles. The van der Waals surface area contributed by atoms with Crippen LogP contribution in [0.15, 0.2) is 83.7 Å². The van der Waals surface area contributed by atoms with E-state index in [0.717, 1.165) is 5.56 Å². The van der Waals surface area contributed by atoms with Gasteiger partial charge in [-0.2, -0.15) is 5.10 Å². The van der Waals surface area contributed by atoms with Gasteiger partial charge in [0.15, 0.2) is 0 Å². The first-order valence-corrected chi connectivity index (χ1v) is 9.89. The molecule has 0 saturated heterocycles. The van der Waals surface area contributed by atoms with E-state index in [4.69, 9.17) is 9.47 Å². The van der Waals surface area contributed by atoms with Gasteiger partial charge >= 0.3 is 0 Å². The van der Waals surface area contributed by atoms with E-state index in [9.17, 15) is 9.59 Å². The van der Waals surface area contributed by atoms with Gasteiger partial charge in [-0.05, 0) is 17.7 Å². The Kier molecular flexibility index (Phi) is 5.98. The second kappa shape index (κ2) is 9.18. The molecule has 32 heavy (non-hydrogen) atoms. The molecule has 0 aliphatic heterocycles. The number of methoxy groups -OCH3 is 2. The van der Waals surface area contributed by atoms with Crippen molar-refractivity contribution in [2.24, 2.45) is 0 Å². The highest BCUT2D eigenvalue weighted by Crippen LogP contribution is 2.33. The average molecular weight is 427 g/mol. The Morgan fingerprint density at radius 1 is 0.875 bits per heavy atom. The molecule has 1 heterocycles. The fourth-order valence-electron chi connectivity index (χ4n) is 3.44. The third-order valence-electron chi connectivity index (χ3n) is 4.98. The molecule has 4 aromatic rings. The summed E-state index contributed by atoms with van der Waals surface area (Å²) in [5, 5.41) is 9.54. The van der Waals surface area contributed by atoms with Crippen LogP contribution in [0.5, 0.6) is 11.5 Å². The van der Waals surface area contributed by atoms with Crippen LogP contribution in [0.1, 0.15) is 10.4 Å². The third-order valence-corrected chi connectivity index (χ3v) is 4.98. The number of nitrogens with zero attached hydrogens (tertiary/aromatic N) is 1. The second-order valence-electron chi connectivity index (χ2n) is 6.90. The van der Waals surface area contributed by atoms with Crippen molar-refractivity contribution >= 4 is 11.6 Å². The number of benzene rings is 3. The Hall–Kier alpha value is -4.39. The van der Waals surface area contributed by atoms with Crippen LogP contribution in [-0.4, -0.2) is 30.3 Å². The maximum absolute atomic E-state index is 13.4. The lowest BCUT2D eigenvalue weighted by atomic mass is 9.95. The maximum Gasteiger partial charge on any atom is 0.277 e. The Bertz CT molecular complexity index is 1300. The molecule has 160 valence electrons. The van der Waals surface area contributed by atoms with Gasteiger partial charge < -0.3 is 14.8 Å². The zero-order valence-electron chi connectivity index (χ0n) is 17.6. The lowest BCUT2D eigenvalue weighted by molar-refractivity contribution is 0.102. The summed E-state index contributed by atoms with van der Waals surface area (Å²) in [5.74, 6) is 0.416. The van der Waals surface area contributed by atoms with Crippen molar-refractivity contribution in [2.45, 2.75) is 0 Å². The molecule has 1 amide bonds. The van der Waals surface area contributed by atoms with Crippen molar-refractivity contribution < 1.29 is 14.3 Å². The van der Waals surface area contributed by atoms with E-state index in [-0.39, 0.29) is 5.56 Å². The Balaban J connectivity index is 1.87. The average Bonchev–Trinajstić information content (AvgIpc) is 2.85. The van der Waals surface area contributed by atoms with Crippen LogP contribution in [0.25, 0.3) is 22.4 Å². The molecule has 0 fully saturated rings. The van der Waals surface area contributed by atoms with Crippen molar-refractivity contribution in [3.05, 3.63) is 94.8 Å². The van der Waals surface area contributed by atoms with Crippen molar-refractivity contribution in [1.29, 1.82) is 0 Å². The fraction of sp³-hybridized carbons (Fsp3) is 0.0800. The molecule has 0 spiro atoms. The molecule has 0 saturated carbocycles. The largest absolute Gasteiger partial charge is 0.497 e. The summed E-state index contributed by atoms with van der Waals surface area (Å²) in [6.45, 7) is 0. The molecule has 7 nitrogen and oxygen atoms in total.